The first kappa shape index (κ1) is 10.5. The molecule has 80 valence electrons. The highest BCUT2D eigenvalue weighted by Gasteiger charge is 2.21. The average molecular weight is 200 g/mol. The van der Waals surface area contributed by atoms with Gasteiger partial charge in [0.15, 0.2) is 0 Å². The van der Waals surface area contributed by atoms with Crippen molar-refractivity contribution in [2.24, 2.45) is 11.8 Å². The molecule has 0 N–H and O–H groups in total. The Balaban J connectivity index is 2.09. The van der Waals surface area contributed by atoms with Gasteiger partial charge >= 0.3 is 0 Å². The van der Waals surface area contributed by atoms with E-state index in [2.05, 4.69) is 49.5 Å². The van der Waals surface area contributed by atoms with Crippen molar-refractivity contribution < 1.29 is 0 Å². The third-order valence-corrected chi connectivity index (χ3v) is 3.49. The first-order chi connectivity index (χ1) is 7.42. The summed E-state index contributed by atoms with van der Waals surface area (Å²) in [5, 5.41) is 0. The fourth-order valence-corrected chi connectivity index (χ4v) is 2.67. The zero-order chi connectivity index (χ0) is 10.5. The molecule has 0 spiro atoms. The second-order valence-corrected chi connectivity index (χ2v) is 4.44. The summed E-state index contributed by atoms with van der Waals surface area (Å²) in [7, 11) is 0. The van der Waals surface area contributed by atoms with E-state index >= 15 is 0 Å². The maximum atomic E-state index is 2.38. The third-order valence-electron chi connectivity index (χ3n) is 3.49. The summed E-state index contributed by atoms with van der Waals surface area (Å²) in [6.07, 6.45) is 20.9. The van der Waals surface area contributed by atoms with E-state index in [0.717, 1.165) is 11.8 Å². The second-order valence-electron chi connectivity index (χ2n) is 4.44. The lowest BCUT2D eigenvalue weighted by molar-refractivity contribution is 0.428. The van der Waals surface area contributed by atoms with Crippen molar-refractivity contribution in [3.63, 3.8) is 0 Å². The Kier molecular flexibility index (Phi) is 3.60. The van der Waals surface area contributed by atoms with E-state index in [1.165, 1.54) is 25.7 Å². The van der Waals surface area contributed by atoms with E-state index in [1.54, 1.807) is 5.57 Å². The lowest BCUT2D eigenvalue weighted by Crippen LogP contribution is -2.16. The Morgan fingerprint density at radius 3 is 2.80 bits per heavy atom. The Morgan fingerprint density at radius 2 is 2.20 bits per heavy atom. The van der Waals surface area contributed by atoms with Crippen LogP contribution in [-0.2, 0) is 0 Å². The van der Waals surface area contributed by atoms with Crippen molar-refractivity contribution >= 4 is 0 Å². The molecule has 2 aliphatic rings. The first-order valence-electron chi connectivity index (χ1n) is 6.10. The van der Waals surface area contributed by atoms with Crippen LogP contribution in [0.15, 0.2) is 48.1 Å². The SMILES string of the molecule is CCC(C1=CC=CCC1)C1C=CC=CC1. The van der Waals surface area contributed by atoms with Gasteiger partial charge in [-0.25, -0.2) is 0 Å². The molecular formula is C15H20. The summed E-state index contributed by atoms with van der Waals surface area (Å²) in [4.78, 5) is 0. The fourth-order valence-electron chi connectivity index (χ4n) is 2.67. The minimum atomic E-state index is 0.734. The highest BCUT2D eigenvalue weighted by atomic mass is 14.3. The van der Waals surface area contributed by atoms with Gasteiger partial charge in [0.2, 0.25) is 0 Å². The van der Waals surface area contributed by atoms with Crippen molar-refractivity contribution in [3.8, 4) is 0 Å². The van der Waals surface area contributed by atoms with Gasteiger partial charge < -0.3 is 0 Å². The van der Waals surface area contributed by atoms with Gasteiger partial charge in [-0.1, -0.05) is 55.0 Å². The van der Waals surface area contributed by atoms with Crippen LogP contribution in [0.3, 0.4) is 0 Å². The van der Waals surface area contributed by atoms with Crippen LogP contribution in [0.2, 0.25) is 0 Å². The smallest absolute Gasteiger partial charge is 0.0130 e. The zero-order valence-electron chi connectivity index (χ0n) is 9.52. The number of hydrogen-bond acceptors (Lipinski definition) is 0. The first-order valence-corrected chi connectivity index (χ1v) is 6.10. The fraction of sp³-hybridized carbons (Fsp3) is 0.467. The molecule has 2 rings (SSSR count). The Labute approximate surface area is 93.1 Å². The highest BCUT2D eigenvalue weighted by Crippen LogP contribution is 2.33. The van der Waals surface area contributed by atoms with Crippen molar-refractivity contribution in [3.05, 3.63) is 48.1 Å². The van der Waals surface area contributed by atoms with Crippen LogP contribution >= 0.6 is 0 Å². The molecule has 0 fully saturated rings. The second kappa shape index (κ2) is 5.16. The summed E-state index contributed by atoms with van der Waals surface area (Å²) in [5.41, 5.74) is 1.66. The number of hydrogen-bond donors (Lipinski definition) is 0. The monoisotopic (exact) mass is 200 g/mol. The predicted octanol–water partition coefficient (Wildman–Crippen LogP) is 4.42. The quantitative estimate of drug-likeness (QED) is 0.632. The van der Waals surface area contributed by atoms with Gasteiger partial charge in [-0.05, 0) is 37.5 Å². The van der Waals surface area contributed by atoms with Gasteiger partial charge in [0.25, 0.3) is 0 Å². The van der Waals surface area contributed by atoms with Gasteiger partial charge in [-0.2, -0.15) is 0 Å². The molecule has 0 amide bonds. The number of rotatable bonds is 3. The molecule has 0 bridgehead atoms. The van der Waals surface area contributed by atoms with Crippen LogP contribution in [-0.4, -0.2) is 0 Å². The normalized spacial score (nSPS) is 26.5. The molecule has 2 aliphatic carbocycles. The topological polar surface area (TPSA) is 0 Å². The Bertz CT molecular complexity index is 315. The van der Waals surface area contributed by atoms with Crippen molar-refractivity contribution in [2.75, 3.05) is 0 Å². The number of allylic oxidation sites excluding steroid dienone is 8. The minimum absolute atomic E-state index is 0.734. The predicted molar refractivity (Wildman–Crippen MR) is 66.6 cm³/mol. The van der Waals surface area contributed by atoms with E-state index in [9.17, 15) is 0 Å². The summed E-state index contributed by atoms with van der Waals surface area (Å²) < 4.78 is 0. The van der Waals surface area contributed by atoms with Crippen LogP contribution in [0.25, 0.3) is 0 Å². The molecule has 0 saturated heterocycles. The van der Waals surface area contributed by atoms with Crippen molar-refractivity contribution in [2.45, 2.75) is 32.6 Å². The molecule has 0 heteroatoms. The molecule has 0 aliphatic heterocycles. The summed E-state index contributed by atoms with van der Waals surface area (Å²) in [6.45, 7) is 2.32. The molecule has 2 unspecified atom stereocenters. The lowest BCUT2D eigenvalue weighted by Gasteiger charge is -2.27. The molecule has 0 aromatic carbocycles. The van der Waals surface area contributed by atoms with Crippen molar-refractivity contribution in [1.29, 1.82) is 0 Å². The van der Waals surface area contributed by atoms with Gasteiger partial charge in [-0.3, -0.25) is 0 Å². The summed E-state index contributed by atoms with van der Waals surface area (Å²) in [6, 6.07) is 0. The maximum absolute atomic E-state index is 2.38. The van der Waals surface area contributed by atoms with Crippen LogP contribution in [0.4, 0.5) is 0 Å². The molecule has 0 aromatic heterocycles. The lowest BCUT2D eigenvalue weighted by atomic mass is 9.78. The standard InChI is InChI=1S/C15H20/c1-2-15(13-9-5-3-6-10-13)14-11-7-4-8-12-14/h3-7,9,11,13,15H,2,8,10,12H2,1H3. The average Bonchev–Trinajstić information content (AvgIpc) is 2.33. The molecule has 0 aromatic rings. The van der Waals surface area contributed by atoms with Gasteiger partial charge in [0.1, 0.15) is 0 Å². The van der Waals surface area contributed by atoms with Crippen LogP contribution in [0, 0.1) is 11.8 Å². The molecule has 0 radical (unpaired) electrons. The molecule has 0 nitrogen and oxygen atoms in total. The highest BCUT2D eigenvalue weighted by molar-refractivity contribution is 5.23. The van der Waals surface area contributed by atoms with E-state index in [1.807, 2.05) is 0 Å². The van der Waals surface area contributed by atoms with Gasteiger partial charge in [-0.15, -0.1) is 0 Å². The Hall–Kier alpha value is -1.04. The van der Waals surface area contributed by atoms with E-state index < -0.39 is 0 Å². The van der Waals surface area contributed by atoms with Gasteiger partial charge in [0.05, 0.1) is 0 Å². The van der Waals surface area contributed by atoms with E-state index in [4.69, 9.17) is 0 Å². The molecule has 2 atom stereocenters. The molecular weight excluding hydrogens is 180 g/mol. The van der Waals surface area contributed by atoms with Crippen LogP contribution in [0.1, 0.15) is 32.6 Å². The molecule has 0 heterocycles. The van der Waals surface area contributed by atoms with Crippen LogP contribution in [0.5, 0.6) is 0 Å². The van der Waals surface area contributed by atoms with Crippen LogP contribution < -0.4 is 0 Å². The zero-order valence-corrected chi connectivity index (χ0v) is 9.52. The molecule has 0 saturated carbocycles. The van der Waals surface area contributed by atoms with Gasteiger partial charge in [0, 0.05) is 0 Å². The molecule has 15 heavy (non-hydrogen) atoms. The van der Waals surface area contributed by atoms with Crippen molar-refractivity contribution in [1.82, 2.24) is 0 Å². The van der Waals surface area contributed by atoms with E-state index in [-0.39, 0.29) is 0 Å². The summed E-state index contributed by atoms with van der Waals surface area (Å²) >= 11 is 0. The maximum Gasteiger partial charge on any atom is -0.0130 e. The Morgan fingerprint density at radius 1 is 1.27 bits per heavy atom. The minimum Gasteiger partial charge on any atom is -0.0842 e. The van der Waals surface area contributed by atoms with E-state index in [0.29, 0.717) is 0 Å². The third kappa shape index (κ3) is 2.50. The summed E-state index contributed by atoms with van der Waals surface area (Å²) in [5.74, 6) is 1.49. The largest absolute Gasteiger partial charge is 0.0842 e.